The maximum atomic E-state index is 12.9. The molecule has 0 heterocycles. The molecule has 4 nitrogen and oxygen atoms in total. The molecule has 2 rings (SSSR count). The molecule has 1 saturated carbocycles. The maximum Gasteiger partial charge on any atom is 0.245 e. The zero-order chi connectivity index (χ0) is 15.6. The molecule has 2 N–H and O–H groups in total. The van der Waals surface area contributed by atoms with E-state index in [0.717, 1.165) is 25.7 Å². The van der Waals surface area contributed by atoms with Gasteiger partial charge in [-0.25, -0.2) is 8.42 Å². The van der Waals surface area contributed by atoms with Gasteiger partial charge < -0.3 is 5.73 Å². The normalized spacial score (nSPS) is 16.5. The van der Waals surface area contributed by atoms with E-state index in [1.165, 1.54) is 16.4 Å². The monoisotopic (exact) mass is 348 g/mol. The zero-order valence-electron chi connectivity index (χ0n) is 11.6. The summed E-state index contributed by atoms with van der Waals surface area (Å²) in [4.78, 5) is -0.000170. The van der Waals surface area contributed by atoms with Gasteiger partial charge in [0.2, 0.25) is 10.0 Å². The summed E-state index contributed by atoms with van der Waals surface area (Å²) in [7, 11) is -3.73. The Morgan fingerprint density at radius 2 is 1.95 bits per heavy atom. The number of anilines is 1. The van der Waals surface area contributed by atoms with Crippen molar-refractivity contribution in [1.82, 2.24) is 4.31 Å². The molecule has 0 aliphatic heterocycles. The van der Waals surface area contributed by atoms with Crippen molar-refractivity contribution in [3.05, 3.63) is 34.8 Å². The van der Waals surface area contributed by atoms with E-state index in [4.69, 9.17) is 28.9 Å². The summed E-state index contributed by atoms with van der Waals surface area (Å²) >= 11 is 12.0. The third-order valence-electron chi connectivity index (χ3n) is 3.72. The summed E-state index contributed by atoms with van der Waals surface area (Å²) in [6, 6.07) is 2.85. The molecule has 0 aromatic heterocycles. The highest BCUT2D eigenvalue weighted by molar-refractivity contribution is 7.89. The lowest BCUT2D eigenvalue weighted by Crippen LogP contribution is -2.39. The number of hydrogen-bond acceptors (Lipinski definition) is 3. The van der Waals surface area contributed by atoms with Crippen LogP contribution in [0.2, 0.25) is 10.0 Å². The molecule has 0 amide bonds. The van der Waals surface area contributed by atoms with E-state index in [1.54, 1.807) is 6.08 Å². The average molecular weight is 349 g/mol. The summed E-state index contributed by atoms with van der Waals surface area (Å²) in [6.07, 6.45) is 5.36. The van der Waals surface area contributed by atoms with Gasteiger partial charge in [0.25, 0.3) is 0 Å². The van der Waals surface area contributed by atoms with E-state index in [9.17, 15) is 8.42 Å². The number of nitrogen functional groups attached to an aromatic ring is 1. The molecule has 1 aromatic carbocycles. The smallest absolute Gasteiger partial charge is 0.245 e. The lowest BCUT2D eigenvalue weighted by molar-refractivity contribution is 0.347. The summed E-state index contributed by atoms with van der Waals surface area (Å²) in [5.74, 6) is 0. The molecule has 1 aromatic rings. The number of hydrogen-bond donors (Lipinski definition) is 1. The first kappa shape index (κ1) is 16.6. The van der Waals surface area contributed by atoms with Gasteiger partial charge in [0.15, 0.2) is 0 Å². The van der Waals surface area contributed by atoms with Crippen LogP contribution >= 0.6 is 23.2 Å². The number of benzene rings is 1. The highest BCUT2D eigenvalue weighted by Gasteiger charge is 2.34. The summed E-state index contributed by atoms with van der Waals surface area (Å²) < 4.78 is 27.2. The topological polar surface area (TPSA) is 63.4 Å². The SMILES string of the molecule is C=CCN(C1CCCC1)S(=O)(=O)c1ccc(Cl)c(N)c1Cl. The molecule has 1 aliphatic rings. The van der Waals surface area contributed by atoms with Crippen LogP contribution in [0.1, 0.15) is 25.7 Å². The quantitative estimate of drug-likeness (QED) is 0.651. The van der Waals surface area contributed by atoms with E-state index in [-0.39, 0.29) is 33.2 Å². The average Bonchev–Trinajstić information content (AvgIpc) is 2.95. The van der Waals surface area contributed by atoms with Crippen LogP contribution in [0.3, 0.4) is 0 Å². The van der Waals surface area contributed by atoms with Gasteiger partial charge in [0.05, 0.1) is 15.7 Å². The van der Waals surface area contributed by atoms with Crippen molar-refractivity contribution in [1.29, 1.82) is 0 Å². The van der Waals surface area contributed by atoms with Gasteiger partial charge in [-0.15, -0.1) is 6.58 Å². The van der Waals surface area contributed by atoms with Crippen LogP contribution in [0.4, 0.5) is 5.69 Å². The van der Waals surface area contributed by atoms with E-state index < -0.39 is 10.0 Å². The third kappa shape index (κ3) is 3.21. The van der Waals surface area contributed by atoms with Crippen molar-refractivity contribution in [3.63, 3.8) is 0 Å². The van der Waals surface area contributed by atoms with Gasteiger partial charge in [-0.2, -0.15) is 4.31 Å². The highest BCUT2D eigenvalue weighted by atomic mass is 35.5. The highest BCUT2D eigenvalue weighted by Crippen LogP contribution is 2.36. The fourth-order valence-electron chi connectivity index (χ4n) is 2.64. The van der Waals surface area contributed by atoms with Crippen molar-refractivity contribution in [2.24, 2.45) is 0 Å². The molecule has 0 saturated heterocycles. The molecule has 0 atom stereocenters. The van der Waals surface area contributed by atoms with Crippen LogP contribution in [-0.2, 0) is 10.0 Å². The number of halogens is 2. The molecular formula is C14H18Cl2N2O2S. The molecule has 0 bridgehead atoms. The summed E-state index contributed by atoms with van der Waals surface area (Å²) in [5, 5.41) is 0.227. The molecule has 1 aliphatic carbocycles. The second-order valence-corrected chi connectivity index (χ2v) is 7.72. The first-order chi connectivity index (χ1) is 9.89. The van der Waals surface area contributed by atoms with Crippen LogP contribution in [0.15, 0.2) is 29.7 Å². The Bertz CT molecular complexity index is 641. The predicted molar refractivity (Wildman–Crippen MR) is 87.2 cm³/mol. The van der Waals surface area contributed by atoms with Gasteiger partial charge in [-0.05, 0) is 25.0 Å². The van der Waals surface area contributed by atoms with Crippen molar-refractivity contribution < 1.29 is 8.42 Å². The molecule has 1 fully saturated rings. The largest absolute Gasteiger partial charge is 0.396 e. The molecule has 0 radical (unpaired) electrons. The number of nitrogens with two attached hydrogens (primary N) is 1. The van der Waals surface area contributed by atoms with Gasteiger partial charge in [-0.3, -0.25) is 0 Å². The second kappa shape index (κ2) is 6.57. The van der Waals surface area contributed by atoms with E-state index in [1.807, 2.05) is 0 Å². The molecular weight excluding hydrogens is 331 g/mol. The number of nitrogens with zero attached hydrogens (tertiary/aromatic N) is 1. The standard InChI is InChI=1S/C14H18Cl2N2O2S/c1-2-9-18(10-5-3-4-6-10)21(19,20)12-8-7-11(15)14(17)13(12)16/h2,7-8,10H,1,3-6,9,17H2. The zero-order valence-corrected chi connectivity index (χ0v) is 13.9. The van der Waals surface area contributed by atoms with Gasteiger partial charge in [0, 0.05) is 12.6 Å². The molecule has 116 valence electrons. The minimum absolute atomic E-state index is 0.000170. The van der Waals surface area contributed by atoms with Crippen LogP contribution in [0.25, 0.3) is 0 Å². The Morgan fingerprint density at radius 3 is 2.52 bits per heavy atom. The predicted octanol–water partition coefficient (Wildman–Crippen LogP) is 3.69. The Morgan fingerprint density at radius 1 is 1.33 bits per heavy atom. The Balaban J connectivity index is 2.47. The first-order valence-electron chi connectivity index (χ1n) is 6.75. The fourth-order valence-corrected chi connectivity index (χ4v) is 5.04. The fraction of sp³-hybridized carbons (Fsp3) is 0.429. The summed E-state index contributed by atoms with van der Waals surface area (Å²) in [6.45, 7) is 3.90. The van der Waals surface area contributed by atoms with Crippen molar-refractivity contribution in [2.45, 2.75) is 36.6 Å². The van der Waals surface area contributed by atoms with Crippen molar-refractivity contribution >= 4 is 38.9 Å². The van der Waals surface area contributed by atoms with E-state index >= 15 is 0 Å². The lowest BCUT2D eigenvalue weighted by Gasteiger charge is -2.27. The van der Waals surface area contributed by atoms with Gasteiger partial charge in [0.1, 0.15) is 4.90 Å². The van der Waals surface area contributed by atoms with E-state index in [2.05, 4.69) is 6.58 Å². The van der Waals surface area contributed by atoms with Crippen LogP contribution < -0.4 is 5.73 Å². The lowest BCUT2D eigenvalue weighted by atomic mass is 10.2. The van der Waals surface area contributed by atoms with Crippen LogP contribution in [0, 0.1) is 0 Å². The van der Waals surface area contributed by atoms with E-state index in [0.29, 0.717) is 0 Å². The number of sulfonamides is 1. The van der Waals surface area contributed by atoms with Crippen LogP contribution in [0.5, 0.6) is 0 Å². The second-order valence-electron chi connectivity index (χ2n) is 5.07. The van der Waals surface area contributed by atoms with Crippen LogP contribution in [-0.4, -0.2) is 25.3 Å². The minimum Gasteiger partial charge on any atom is -0.396 e. The Labute approximate surface area is 135 Å². The van der Waals surface area contributed by atoms with Gasteiger partial charge >= 0.3 is 0 Å². The molecule has 7 heteroatoms. The van der Waals surface area contributed by atoms with Gasteiger partial charge in [-0.1, -0.05) is 42.1 Å². The molecule has 0 spiro atoms. The first-order valence-corrected chi connectivity index (χ1v) is 8.95. The molecule has 0 unspecified atom stereocenters. The number of rotatable bonds is 5. The van der Waals surface area contributed by atoms with Crippen molar-refractivity contribution in [2.75, 3.05) is 12.3 Å². The summed E-state index contributed by atoms with van der Waals surface area (Å²) in [5.41, 5.74) is 5.83. The Kier molecular flexibility index (Phi) is 5.20. The Hall–Kier alpha value is -0.750. The third-order valence-corrected chi connectivity index (χ3v) is 6.53. The molecule has 21 heavy (non-hydrogen) atoms. The van der Waals surface area contributed by atoms with Crippen molar-refractivity contribution in [3.8, 4) is 0 Å². The minimum atomic E-state index is -3.73. The maximum absolute atomic E-state index is 12.9.